The number of hydrogen-bond donors (Lipinski definition) is 1. The van der Waals surface area contributed by atoms with Crippen LogP contribution in [0.4, 0.5) is 5.69 Å². The molecule has 0 spiro atoms. The van der Waals surface area contributed by atoms with Gasteiger partial charge >= 0.3 is 0 Å². The van der Waals surface area contributed by atoms with Crippen LogP contribution in [0.1, 0.15) is 35.1 Å². The van der Waals surface area contributed by atoms with E-state index in [1.807, 2.05) is 0 Å². The van der Waals surface area contributed by atoms with E-state index < -0.39 is 0 Å². The van der Waals surface area contributed by atoms with Gasteiger partial charge in [0, 0.05) is 17.0 Å². The molecule has 0 saturated heterocycles. The second kappa shape index (κ2) is 5.24. The van der Waals surface area contributed by atoms with Crippen LogP contribution in [-0.2, 0) is 0 Å². The van der Waals surface area contributed by atoms with Crippen LogP contribution in [0.3, 0.4) is 0 Å². The van der Waals surface area contributed by atoms with Crippen molar-refractivity contribution in [3.05, 3.63) is 89.5 Å². The molecule has 3 aromatic carbocycles. The Bertz CT molecular complexity index is 953. The Kier molecular flexibility index (Phi) is 3.02. The maximum atomic E-state index is 3.93. The van der Waals surface area contributed by atoms with Crippen molar-refractivity contribution in [1.82, 2.24) is 0 Å². The lowest BCUT2D eigenvalue weighted by Gasteiger charge is -2.38. The van der Waals surface area contributed by atoms with E-state index in [4.69, 9.17) is 0 Å². The average molecular weight is 311 g/mol. The summed E-state index contributed by atoms with van der Waals surface area (Å²) in [5.74, 6) is 1.13. The van der Waals surface area contributed by atoms with E-state index in [1.54, 1.807) is 0 Å². The topological polar surface area (TPSA) is 12.0 Å². The van der Waals surface area contributed by atoms with Gasteiger partial charge in [-0.3, -0.25) is 0 Å². The molecule has 0 fully saturated rings. The lowest BCUT2D eigenvalue weighted by molar-refractivity contribution is 0.425. The van der Waals surface area contributed by atoms with E-state index in [0.29, 0.717) is 17.9 Å². The third-order valence-electron chi connectivity index (χ3n) is 5.78. The first-order valence-electron chi connectivity index (χ1n) is 8.83. The minimum absolute atomic E-state index is 0.379. The number of rotatable bonds is 1. The van der Waals surface area contributed by atoms with Crippen LogP contribution < -0.4 is 5.32 Å². The van der Waals surface area contributed by atoms with Crippen molar-refractivity contribution in [1.29, 1.82) is 0 Å². The quantitative estimate of drug-likeness (QED) is 0.545. The molecule has 0 aromatic heterocycles. The van der Waals surface area contributed by atoms with Gasteiger partial charge in [-0.05, 0) is 41.3 Å². The van der Waals surface area contributed by atoms with Gasteiger partial charge in [-0.1, -0.05) is 72.8 Å². The number of benzene rings is 3. The predicted molar refractivity (Wildman–Crippen MR) is 101 cm³/mol. The molecule has 1 nitrogen and oxygen atoms in total. The number of hydrogen-bond acceptors (Lipinski definition) is 1. The fraction of sp³-hybridized carbons (Fsp3) is 0.217. The second-order valence-electron chi connectivity index (χ2n) is 7.08. The fourth-order valence-corrected chi connectivity index (χ4v) is 4.58. The summed E-state index contributed by atoms with van der Waals surface area (Å²) in [7, 11) is 0. The smallest absolute Gasteiger partial charge is 0.0556 e. The van der Waals surface area contributed by atoms with Crippen LogP contribution in [0.15, 0.2) is 72.8 Å². The summed E-state index contributed by atoms with van der Waals surface area (Å²) in [5, 5.41) is 6.58. The number of aryl methyl sites for hydroxylation is 1. The maximum Gasteiger partial charge on any atom is 0.0556 e. The molecule has 0 bridgehead atoms. The summed E-state index contributed by atoms with van der Waals surface area (Å²) in [4.78, 5) is 0. The Balaban J connectivity index is 1.72. The molecule has 1 heterocycles. The summed E-state index contributed by atoms with van der Waals surface area (Å²) < 4.78 is 0. The SMILES string of the molecule is Cc1ccccc1C1Nc2c(ccc3ccccc23)C2C=CCC21. The molecule has 3 atom stereocenters. The van der Waals surface area contributed by atoms with Gasteiger partial charge in [0.25, 0.3) is 0 Å². The Morgan fingerprint density at radius 3 is 2.62 bits per heavy atom. The largest absolute Gasteiger partial charge is 0.377 e. The van der Waals surface area contributed by atoms with Gasteiger partial charge in [0.05, 0.1) is 6.04 Å². The zero-order valence-electron chi connectivity index (χ0n) is 13.9. The van der Waals surface area contributed by atoms with Crippen molar-refractivity contribution >= 4 is 16.5 Å². The van der Waals surface area contributed by atoms with Crippen molar-refractivity contribution in [2.24, 2.45) is 5.92 Å². The standard InChI is InChI=1S/C23H21N/c1-15-7-2-4-9-17(15)22-20-12-6-11-19(20)21-14-13-16-8-3-5-10-18(16)23(21)24-22/h2-11,13-14,19-20,22,24H,12H2,1H3. The van der Waals surface area contributed by atoms with E-state index >= 15 is 0 Å². The number of nitrogens with one attached hydrogen (secondary N) is 1. The monoisotopic (exact) mass is 311 g/mol. The highest BCUT2D eigenvalue weighted by Gasteiger charge is 2.38. The highest BCUT2D eigenvalue weighted by atomic mass is 15.0. The molecular weight excluding hydrogens is 290 g/mol. The molecule has 5 rings (SSSR count). The first-order chi connectivity index (χ1) is 11.8. The van der Waals surface area contributed by atoms with Crippen LogP contribution in [0, 0.1) is 12.8 Å². The van der Waals surface area contributed by atoms with Gasteiger partial charge < -0.3 is 5.32 Å². The molecule has 0 radical (unpaired) electrons. The van der Waals surface area contributed by atoms with Crippen molar-refractivity contribution in [3.63, 3.8) is 0 Å². The molecule has 1 aliphatic heterocycles. The van der Waals surface area contributed by atoms with Crippen molar-refractivity contribution in [3.8, 4) is 0 Å². The molecule has 3 unspecified atom stereocenters. The van der Waals surface area contributed by atoms with Gasteiger partial charge in [0.15, 0.2) is 0 Å². The molecule has 1 N–H and O–H groups in total. The van der Waals surface area contributed by atoms with E-state index in [-0.39, 0.29) is 0 Å². The van der Waals surface area contributed by atoms with Gasteiger partial charge in [-0.2, -0.15) is 0 Å². The lowest BCUT2D eigenvalue weighted by atomic mass is 9.75. The molecule has 24 heavy (non-hydrogen) atoms. The zero-order chi connectivity index (χ0) is 16.1. The van der Waals surface area contributed by atoms with E-state index in [2.05, 4.69) is 85.1 Å². The average Bonchev–Trinajstić information content (AvgIpc) is 3.11. The van der Waals surface area contributed by atoms with E-state index in [1.165, 1.54) is 33.2 Å². The summed E-state index contributed by atoms with van der Waals surface area (Å²) in [6.07, 6.45) is 5.94. The Labute approximate surface area is 143 Å². The molecule has 0 amide bonds. The van der Waals surface area contributed by atoms with Gasteiger partial charge in [0.1, 0.15) is 0 Å². The van der Waals surface area contributed by atoms with E-state index in [9.17, 15) is 0 Å². The lowest BCUT2D eigenvalue weighted by Crippen LogP contribution is -2.29. The highest BCUT2D eigenvalue weighted by Crippen LogP contribution is 2.51. The summed E-state index contributed by atoms with van der Waals surface area (Å²) in [5.41, 5.74) is 5.60. The second-order valence-corrected chi connectivity index (χ2v) is 7.08. The normalized spacial score (nSPS) is 24.5. The summed E-state index contributed by atoms with van der Waals surface area (Å²) in [6.45, 7) is 2.23. The van der Waals surface area contributed by atoms with Gasteiger partial charge in [-0.15, -0.1) is 0 Å². The minimum Gasteiger partial charge on any atom is -0.377 e. The first-order valence-corrected chi connectivity index (χ1v) is 8.83. The number of allylic oxidation sites excluding steroid dienone is 2. The van der Waals surface area contributed by atoms with Crippen LogP contribution in [0.2, 0.25) is 0 Å². The van der Waals surface area contributed by atoms with Crippen LogP contribution in [0.5, 0.6) is 0 Å². The summed E-state index contributed by atoms with van der Waals surface area (Å²) in [6, 6.07) is 22.5. The minimum atomic E-state index is 0.379. The van der Waals surface area contributed by atoms with Crippen molar-refractivity contribution < 1.29 is 0 Å². The molecule has 1 heteroatoms. The molecular formula is C23H21N. The number of anilines is 1. The molecule has 2 aliphatic rings. The van der Waals surface area contributed by atoms with Crippen molar-refractivity contribution in [2.45, 2.75) is 25.3 Å². The predicted octanol–water partition coefficient (Wildman–Crippen LogP) is 5.97. The fourth-order valence-electron chi connectivity index (χ4n) is 4.58. The molecule has 3 aromatic rings. The van der Waals surface area contributed by atoms with E-state index in [0.717, 1.165) is 6.42 Å². The summed E-state index contributed by atoms with van der Waals surface area (Å²) >= 11 is 0. The molecule has 118 valence electrons. The van der Waals surface area contributed by atoms with Crippen molar-refractivity contribution in [2.75, 3.05) is 5.32 Å². The Morgan fingerprint density at radius 1 is 0.875 bits per heavy atom. The highest BCUT2D eigenvalue weighted by molar-refractivity contribution is 5.96. The first kappa shape index (κ1) is 13.9. The van der Waals surface area contributed by atoms with Gasteiger partial charge in [-0.25, -0.2) is 0 Å². The maximum absolute atomic E-state index is 3.93. The molecule has 0 saturated carbocycles. The van der Waals surface area contributed by atoms with Gasteiger partial charge in [0.2, 0.25) is 0 Å². The van der Waals surface area contributed by atoms with Crippen LogP contribution in [0.25, 0.3) is 10.8 Å². The number of fused-ring (bicyclic) bond motifs is 5. The Hall–Kier alpha value is -2.54. The Morgan fingerprint density at radius 2 is 1.71 bits per heavy atom. The van der Waals surface area contributed by atoms with Crippen LogP contribution in [-0.4, -0.2) is 0 Å². The molecule has 1 aliphatic carbocycles. The van der Waals surface area contributed by atoms with Crippen LogP contribution >= 0.6 is 0 Å². The third kappa shape index (κ3) is 1.94. The zero-order valence-corrected chi connectivity index (χ0v) is 13.9. The third-order valence-corrected chi connectivity index (χ3v) is 5.78.